The maximum atomic E-state index is 4.76. The zero-order valence-electron chi connectivity index (χ0n) is 3.82. The maximum Gasteiger partial charge on any atom is 0.0967 e. The number of hydrogen-bond acceptors (Lipinski definition) is 2. The molecule has 4 heteroatoms. The van der Waals surface area contributed by atoms with Crippen LogP contribution in [-0.2, 0) is 0 Å². The van der Waals surface area contributed by atoms with E-state index in [9.17, 15) is 0 Å². The predicted molar refractivity (Wildman–Crippen MR) is 37.5 cm³/mol. The lowest BCUT2D eigenvalue weighted by Gasteiger charge is -1.42. The number of halogens is 2. The summed E-state index contributed by atoms with van der Waals surface area (Å²) in [5.41, 5.74) is 0. The highest BCUT2D eigenvalue weighted by atomic mass is 35.5. The fourth-order valence-corrected chi connectivity index (χ4v) is 0. The molecule has 0 bridgehead atoms. The molecule has 0 aromatic heterocycles. The Balaban J connectivity index is 0. The number of aliphatic imine (C=N–C) groups is 1. The van der Waals surface area contributed by atoms with Crippen LogP contribution in [0.3, 0.4) is 0 Å². The van der Waals surface area contributed by atoms with E-state index in [2.05, 4.69) is 22.4 Å². The molecule has 0 N–H and O–H groups in total. The van der Waals surface area contributed by atoms with Crippen molar-refractivity contribution in [1.29, 1.82) is 0 Å². The van der Waals surface area contributed by atoms with Crippen LogP contribution in [0, 0.1) is 0 Å². The summed E-state index contributed by atoms with van der Waals surface area (Å²) in [6.07, 6.45) is 0. The summed E-state index contributed by atoms with van der Waals surface area (Å²) in [6.45, 7) is 0. The molecule has 0 amide bonds. The van der Waals surface area contributed by atoms with E-state index in [1.165, 1.54) is 0 Å². The van der Waals surface area contributed by atoms with E-state index in [0.717, 1.165) is 0 Å². The molecule has 0 aromatic carbocycles. The van der Waals surface area contributed by atoms with Gasteiger partial charge in [-0.15, -0.1) is 23.2 Å². The molecule has 0 radical (unpaired) electrons. The Morgan fingerprint density at radius 2 is 1.86 bits per heavy atom. The molecule has 0 aliphatic carbocycles. The molecule has 0 aliphatic rings. The van der Waals surface area contributed by atoms with Crippen LogP contribution in [0.5, 0.6) is 0 Å². The molecule has 0 fully saturated rings. The number of isothiocyanates is 1. The molecule has 42 valence electrons. The maximum absolute atomic E-state index is 4.76. The molecule has 0 aromatic rings. The van der Waals surface area contributed by atoms with Crippen LogP contribution in [0.1, 0.15) is 0 Å². The normalized spacial score (nSPS) is 5.00. The lowest BCUT2D eigenvalue weighted by Crippen LogP contribution is -1.33. The summed E-state index contributed by atoms with van der Waals surface area (Å²) >= 11 is 13.7. The predicted octanol–water partition coefficient (Wildman–Crippen LogP) is 2.14. The Morgan fingerprint density at radius 1 is 1.71 bits per heavy atom. The highest BCUT2D eigenvalue weighted by Crippen LogP contribution is 1.73. The Hall–Kier alpha value is 0.380. The first kappa shape index (κ1) is 10.4. The second-order valence-corrected chi connectivity index (χ2v) is 1.41. The Labute approximate surface area is 58.3 Å². The van der Waals surface area contributed by atoms with E-state index >= 15 is 0 Å². The topological polar surface area (TPSA) is 12.4 Å². The van der Waals surface area contributed by atoms with Crippen molar-refractivity contribution in [2.24, 2.45) is 4.99 Å². The van der Waals surface area contributed by atoms with Gasteiger partial charge < -0.3 is 0 Å². The summed E-state index contributed by atoms with van der Waals surface area (Å²) in [6, 6.07) is 0. The van der Waals surface area contributed by atoms with E-state index in [-0.39, 0.29) is 5.34 Å². The monoisotopic (exact) mass is 157 g/mol. The quantitative estimate of drug-likeness (QED) is 0.299. The molecule has 0 rings (SSSR count). The highest BCUT2D eigenvalue weighted by molar-refractivity contribution is 7.78. The van der Waals surface area contributed by atoms with Gasteiger partial charge in [-0.1, -0.05) is 0 Å². The van der Waals surface area contributed by atoms with Crippen LogP contribution in [-0.4, -0.2) is 17.5 Å². The second-order valence-electron chi connectivity index (χ2n) is 0.416. The van der Waals surface area contributed by atoms with Crippen molar-refractivity contribution in [2.45, 2.75) is 0 Å². The molecular weight excluding hydrogens is 153 g/mol. The van der Waals surface area contributed by atoms with Gasteiger partial charge >= 0.3 is 0 Å². The van der Waals surface area contributed by atoms with Crippen LogP contribution < -0.4 is 0 Å². The van der Waals surface area contributed by atoms with Gasteiger partial charge in [0.2, 0.25) is 0 Å². The van der Waals surface area contributed by atoms with Gasteiger partial charge in [-0.2, -0.15) is 0 Å². The van der Waals surface area contributed by atoms with Gasteiger partial charge in [-0.25, -0.2) is 4.99 Å². The Morgan fingerprint density at radius 3 is 1.86 bits per heavy atom. The van der Waals surface area contributed by atoms with Crippen molar-refractivity contribution in [2.75, 3.05) is 12.4 Å². The van der Waals surface area contributed by atoms with Gasteiger partial charge in [0.15, 0.2) is 0 Å². The van der Waals surface area contributed by atoms with E-state index in [1.807, 2.05) is 0 Å². The molecule has 0 saturated heterocycles. The summed E-state index contributed by atoms with van der Waals surface area (Å²) in [7, 11) is 1.59. The van der Waals surface area contributed by atoms with E-state index in [4.69, 9.17) is 23.2 Å². The third kappa shape index (κ3) is 64.3. The fraction of sp³-hybridized carbons (Fsp3) is 0.667. The van der Waals surface area contributed by atoms with Crippen LogP contribution in [0.2, 0.25) is 0 Å². The van der Waals surface area contributed by atoms with Crippen LogP contribution in [0.25, 0.3) is 0 Å². The molecule has 1 nitrogen and oxygen atoms in total. The van der Waals surface area contributed by atoms with Crippen molar-refractivity contribution < 1.29 is 0 Å². The number of hydrogen-bond donors (Lipinski definition) is 0. The summed E-state index contributed by atoms with van der Waals surface area (Å²) in [4.78, 5) is 3.30. The zero-order chi connectivity index (χ0) is 6.12. The van der Waals surface area contributed by atoms with Gasteiger partial charge in [0.25, 0.3) is 0 Å². The van der Waals surface area contributed by atoms with Gasteiger partial charge in [-0.3, -0.25) is 0 Å². The van der Waals surface area contributed by atoms with Crippen molar-refractivity contribution in [3.05, 3.63) is 0 Å². The summed E-state index contributed by atoms with van der Waals surface area (Å²) in [5, 5.41) is 2.33. The lowest BCUT2D eigenvalue weighted by molar-refractivity contribution is 1.49. The SMILES string of the molecule is CN=C=S.ClCCl. The number of rotatable bonds is 0. The standard InChI is InChI=1S/C2H3NS.CH2Cl2/c1-3-2-4;2-1-3/h1H3;1H2. The summed E-state index contributed by atoms with van der Waals surface area (Å²) in [5.74, 6) is 0. The van der Waals surface area contributed by atoms with E-state index < -0.39 is 0 Å². The minimum absolute atomic E-state index is 0.194. The third-order valence-electron chi connectivity index (χ3n) is 0.0913. The Kier molecular flexibility index (Phi) is 24.0. The second kappa shape index (κ2) is 16.2. The first-order valence-corrected chi connectivity index (χ1v) is 2.89. The fourth-order valence-electron chi connectivity index (χ4n) is 0. The molecule has 0 unspecified atom stereocenters. The van der Waals surface area contributed by atoms with Crippen LogP contribution in [0.4, 0.5) is 0 Å². The third-order valence-corrected chi connectivity index (χ3v) is 0.274. The average Bonchev–Trinajstić information content (AvgIpc) is 1.69. The molecule has 7 heavy (non-hydrogen) atoms. The van der Waals surface area contributed by atoms with E-state index in [0.29, 0.717) is 0 Å². The summed E-state index contributed by atoms with van der Waals surface area (Å²) < 4.78 is 0. The first-order chi connectivity index (χ1) is 3.33. The number of nitrogens with zero attached hydrogens (tertiary/aromatic N) is 1. The number of thiocarbonyl (C=S) groups is 1. The highest BCUT2D eigenvalue weighted by Gasteiger charge is 1.41. The lowest BCUT2D eigenvalue weighted by atomic mass is 11.4. The van der Waals surface area contributed by atoms with Gasteiger partial charge in [0.05, 0.1) is 10.5 Å². The van der Waals surface area contributed by atoms with Crippen molar-refractivity contribution >= 4 is 40.6 Å². The Bertz CT molecular complexity index is 60.0. The van der Waals surface area contributed by atoms with Gasteiger partial charge in [0, 0.05) is 7.05 Å². The zero-order valence-corrected chi connectivity index (χ0v) is 6.15. The molecule has 0 spiro atoms. The minimum Gasteiger partial charge on any atom is -0.236 e. The van der Waals surface area contributed by atoms with Gasteiger partial charge in [-0.05, 0) is 12.2 Å². The van der Waals surface area contributed by atoms with Crippen LogP contribution >= 0.6 is 35.4 Å². The minimum atomic E-state index is 0.194. The van der Waals surface area contributed by atoms with Crippen molar-refractivity contribution in [1.82, 2.24) is 0 Å². The molecule has 0 aliphatic heterocycles. The molecular formula is C3H5Cl2NS. The van der Waals surface area contributed by atoms with Crippen molar-refractivity contribution in [3.63, 3.8) is 0 Å². The number of alkyl halides is 2. The van der Waals surface area contributed by atoms with E-state index in [1.54, 1.807) is 7.05 Å². The average molecular weight is 158 g/mol. The molecule has 0 saturated carbocycles. The molecule has 0 heterocycles. The van der Waals surface area contributed by atoms with Crippen LogP contribution in [0.15, 0.2) is 4.99 Å². The largest absolute Gasteiger partial charge is 0.236 e. The molecule has 0 atom stereocenters. The van der Waals surface area contributed by atoms with Crippen molar-refractivity contribution in [3.8, 4) is 0 Å². The van der Waals surface area contributed by atoms with Gasteiger partial charge in [0.1, 0.15) is 0 Å². The first-order valence-electron chi connectivity index (χ1n) is 1.41. The smallest absolute Gasteiger partial charge is 0.0967 e.